The highest BCUT2D eigenvalue weighted by Crippen LogP contribution is 2.25. The molecule has 0 spiro atoms. The van der Waals surface area contributed by atoms with Gasteiger partial charge in [0.15, 0.2) is 0 Å². The molecule has 0 fully saturated rings. The molecule has 1 aromatic heterocycles. The van der Waals surface area contributed by atoms with E-state index < -0.39 is 12.6 Å². The average molecular weight is 211 g/mol. The summed E-state index contributed by atoms with van der Waals surface area (Å²) in [6.45, 7) is 0. The highest BCUT2D eigenvalue weighted by Gasteiger charge is 2.28. The summed E-state index contributed by atoms with van der Waals surface area (Å²) < 4.78 is 36.7. The number of aromatic nitrogens is 1. The number of pyridine rings is 1. The molecule has 0 aliphatic heterocycles. The van der Waals surface area contributed by atoms with E-state index in [-0.39, 0.29) is 5.56 Å². The van der Waals surface area contributed by atoms with Crippen molar-refractivity contribution < 1.29 is 13.2 Å². The number of halogens is 3. The molecule has 0 saturated carbocycles. The Morgan fingerprint density at radius 2 is 1.80 bits per heavy atom. The monoisotopic (exact) mass is 211 g/mol. The highest BCUT2D eigenvalue weighted by molar-refractivity contribution is 5.81. The third-order valence-corrected chi connectivity index (χ3v) is 2.11. The van der Waals surface area contributed by atoms with Crippen LogP contribution in [-0.2, 0) is 6.42 Å². The second kappa shape index (κ2) is 3.53. The fourth-order valence-corrected chi connectivity index (χ4v) is 1.53. The van der Waals surface area contributed by atoms with Crippen molar-refractivity contribution in [2.24, 2.45) is 0 Å². The zero-order chi connectivity index (χ0) is 10.9. The van der Waals surface area contributed by atoms with Crippen LogP contribution in [0.25, 0.3) is 10.9 Å². The van der Waals surface area contributed by atoms with E-state index >= 15 is 0 Å². The topological polar surface area (TPSA) is 12.9 Å². The van der Waals surface area contributed by atoms with Crippen molar-refractivity contribution in [3.8, 4) is 0 Å². The summed E-state index contributed by atoms with van der Waals surface area (Å²) in [6.07, 6.45) is -3.62. The van der Waals surface area contributed by atoms with Gasteiger partial charge in [-0.2, -0.15) is 13.2 Å². The second-order valence-corrected chi connectivity index (χ2v) is 3.28. The molecule has 78 valence electrons. The fraction of sp³-hybridized carbons (Fsp3) is 0.182. The van der Waals surface area contributed by atoms with Crippen LogP contribution in [0.15, 0.2) is 36.5 Å². The van der Waals surface area contributed by atoms with E-state index in [9.17, 15) is 13.2 Å². The lowest BCUT2D eigenvalue weighted by Gasteiger charge is -2.08. The lowest BCUT2D eigenvalue weighted by atomic mass is 10.1. The number of para-hydroxylation sites is 1. The number of nitrogens with zero attached hydrogens (tertiary/aromatic N) is 1. The van der Waals surface area contributed by atoms with Gasteiger partial charge in [0.1, 0.15) is 0 Å². The van der Waals surface area contributed by atoms with Gasteiger partial charge in [0.25, 0.3) is 0 Å². The van der Waals surface area contributed by atoms with Crippen LogP contribution in [0, 0.1) is 0 Å². The Kier molecular flexibility index (Phi) is 2.34. The van der Waals surface area contributed by atoms with Gasteiger partial charge in [-0.1, -0.05) is 24.3 Å². The molecule has 2 rings (SSSR count). The molecule has 0 amide bonds. The lowest BCUT2D eigenvalue weighted by molar-refractivity contribution is -0.127. The minimum absolute atomic E-state index is 0.223. The normalized spacial score (nSPS) is 11.9. The summed E-state index contributed by atoms with van der Waals surface area (Å²) in [6, 6.07) is 8.29. The fourth-order valence-electron chi connectivity index (χ4n) is 1.53. The zero-order valence-electron chi connectivity index (χ0n) is 7.75. The van der Waals surface area contributed by atoms with Gasteiger partial charge in [0.05, 0.1) is 11.9 Å². The van der Waals surface area contributed by atoms with Gasteiger partial charge < -0.3 is 0 Å². The molecule has 1 nitrogen and oxygen atoms in total. The van der Waals surface area contributed by atoms with Crippen molar-refractivity contribution >= 4 is 10.9 Å². The van der Waals surface area contributed by atoms with Crippen LogP contribution < -0.4 is 0 Å². The van der Waals surface area contributed by atoms with Crippen LogP contribution in [0.2, 0.25) is 0 Å². The van der Waals surface area contributed by atoms with Crippen LogP contribution in [-0.4, -0.2) is 11.2 Å². The maximum absolute atomic E-state index is 12.2. The predicted octanol–water partition coefficient (Wildman–Crippen LogP) is 3.34. The Bertz CT molecular complexity index is 471. The van der Waals surface area contributed by atoms with Crippen LogP contribution in [0.4, 0.5) is 13.2 Å². The van der Waals surface area contributed by atoms with Crippen LogP contribution in [0.1, 0.15) is 5.56 Å². The number of hydrogen-bond acceptors (Lipinski definition) is 1. The molecule has 0 radical (unpaired) electrons. The molecule has 2 aromatic rings. The predicted molar refractivity (Wildman–Crippen MR) is 51.5 cm³/mol. The maximum atomic E-state index is 12.2. The van der Waals surface area contributed by atoms with Gasteiger partial charge in [-0.05, 0) is 11.6 Å². The summed E-state index contributed by atoms with van der Waals surface area (Å²) in [7, 11) is 0. The van der Waals surface area contributed by atoms with Crippen molar-refractivity contribution in [1.29, 1.82) is 0 Å². The molecular formula is C11H8F3N. The summed E-state index contributed by atoms with van der Waals surface area (Å²) in [5.41, 5.74) is 0.651. The molecule has 0 atom stereocenters. The Balaban J connectivity index is 2.52. The van der Waals surface area contributed by atoms with E-state index in [0.717, 1.165) is 5.39 Å². The molecule has 0 aliphatic rings. The smallest absolute Gasteiger partial charge is 0.256 e. The summed E-state index contributed by atoms with van der Waals surface area (Å²) >= 11 is 0. The Labute approximate surface area is 84.6 Å². The van der Waals surface area contributed by atoms with Gasteiger partial charge in [-0.3, -0.25) is 4.98 Å². The van der Waals surface area contributed by atoms with Crippen LogP contribution in [0.3, 0.4) is 0 Å². The molecule has 0 bridgehead atoms. The quantitative estimate of drug-likeness (QED) is 0.704. The number of hydrogen-bond donors (Lipinski definition) is 0. The number of alkyl halides is 3. The van der Waals surface area contributed by atoms with Gasteiger partial charge >= 0.3 is 6.18 Å². The molecule has 0 unspecified atom stereocenters. The van der Waals surface area contributed by atoms with Crippen molar-refractivity contribution in [1.82, 2.24) is 4.98 Å². The first kappa shape index (κ1) is 9.96. The maximum Gasteiger partial charge on any atom is 0.393 e. The first-order valence-corrected chi connectivity index (χ1v) is 4.46. The molecule has 0 aliphatic carbocycles. The number of benzene rings is 1. The van der Waals surface area contributed by atoms with Crippen molar-refractivity contribution in [3.05, 3.63) is 42.1 Å². The van der Waals surface area contributed by atoms with Gasteiger partial charge in [-0.25, -0.2) is 0 Å². The minimum atomic E-state index is -4.19. The molecular weight excluding hydrogens is 203 g/mol. The molecule has 1 aromatic carbocycles. The van der Waals surface area contributed by atoms with Crippen LogP contribution >= 0.6 is 0 Å². The van der Waals surface area contributed by atoms with Crippen molar-refractivity contribution in [3.63, 3.8) is 0 Å². The largest absolute Gasteiger partial charge is 0.393 e. The zero-order valence-corrected chi connectivity index (χ0v) is 7.75. The van der Waals surface area contributed by atoms with Crippen LogP contribution in [0.5, 0.6) is 0 Å². The molecule has 1 heterocycles. The number of rotatable bonds is 1. The molecule has 15 heavy (non-hydrogen) atoms. The summed E-state index contributed by atoms with van der Waals surface area (Å²) in [5.74, 6) is 0. The highest BCUT2D eigenvalue weighted by atomic mass is 19.4. The molecule has 0 N–H and O–H groups in total. The van der Waals surface area contributed by atoms with E-state index in [1.54, 1.807) is 24.3 Å². The number of fused-ring (bicyclic) bond motifs is 1. The van der Waals surface area contributed by atoms with Gasteiger partial charge in [-0.15, -0.1) is 0 Å². The first-order valence-electron chi connectivity index (χ1n) is 4.46. The standard InChI is InChI=1S/C11H8F3N/c12-11(13,14)7-9-4-1-3-8-5-2-6-15-10(8)9/h1-6H,7H2. The average Bonchev–Trinajstić information content (AvgIpc) is 2.16. The second-order valence-electron chi connectivity index (χ2n) is 3.28. The third-order valence-electron chi connectivity index (χ3n) is 2.11. The van der Waals surface area contributed by atoms with E-state index in [1.165, 1.54) is 12.3 Å². The third kappa shape index (κ3) is 2.26. The van der Waals surface area contributed by atoms with Gasteiger partial charge in [0.2, 0.25) is 0 Å². The van der Waals surface area contributed by atoms with Crippen molar-refractivity contribution in [2.45, 2.75) is 12.6 Å². The van der Waals surface area contributed by atoms with E-state index in [4.69, 9.17) is 0 Å². The van der Waals surface area contributed by atoms with Crippen molar-refractivity contribution in [2.75, 3.05) is 0 Å². The van der Waals surface area contributed by atoms with E-state index in [1.807, 2.05) is 0 Å². The Morgan fingerprint density at radius 1 is 1.07 bits per heavy atom. The Morgan fingerprint density at radius 3 is 2.53 bits per heavy atom. The van der Waals surface area contributed by atoms with Gasteiger partial charge in [0, 0.05) is 11.6 Å². The first-order chi connectivity index (χ1) is 7.06. The molecule has 4 heteroatoms. The van der Waals surface area contributed by atoms with E-state index in [0.29, 0.717) is 5.52 Å². The summed E-state index contributed by atoms with van der Waals surface area (Å²) in [4.78, 5) is 3.97. The van der Waals surface area contributed by atoms with E-state index in [2.05, 4.69) is 4.98 Å². The Hall–Kier alpha value is -1.58. The lowest BCUT2D eigenvalue weighted by Crippen LogP contribution is -2.11. The molecule has 0 saturated heterocycles. The minimum Gasteiger partial charge on any atom is -0.256 e. The SMILES string of the molecule is FC(F)(F)Cc1cccc2cccnc12. The summed E-state index contributed by atoms with van der Waals surface area (Å²) in [5, 5.41) is 0.735.